The summed E-state index contributed by atoms with van der Waals surface area (Å²) in [7, 11) is -3.46. The first-order chi connectivity index (χ1) is 6.39. The topological polar surface area (TPSA) is 87.2 Å². The van der Waals surface area contributed by atoms with Gasteiger partial charge in [0.15, 0.2) is 5.25 Å². The van der Waals surface area contributed by atoms with E-state index in [1.54, 1.807) is 6.07 Å². The maximum absolute atomic E-state index is 11.7. The highest BCUT2D eigenvalue weighted by Gasteiger charge is 2.37. The van der Waals surface area contributed by atoms with Crippen LogP contribution >= 0.6 is 0 Å². The highest BCUT2D eigenvalue weighted by molar-refractivity contribution is 7.89. The molecule has 1 heterocycles. The van der Waals surface area contributed by atoms with Crippen molar-refractivity contribution in [2.75, 3.05) is 13.1 Å². The van der Waals surface area contributed by atoms with Gasteiger partial charge in [-0.25, -0.2) is 8.42 Å². The maximum atomic E-state index is 11.7. The van der Waals surface area contributed by atoms with Crippen LogP contribution in [-0.2, 0) is 10.0 Å². The Labute approximate surface area is 84.5 Å². The van der Waals surface area contributed by atoms with E-state index in [4.69, 9.17) is 11.0 Å². The molecule has 0 saturated carbocycles. The molecule has 2 N–H and O–H groups in total. The van der Waals surface area contributed by atoms with E-state index in [0.717, 1.165) is 0 Å². The normalized spacial score (nSPS) is 31.3. The molecule has 1 aliphatic heterocycles. The van der Waals surface area contributed by atoms with Gasteiger partial charge in [0, 0.05) is 19.1 Å². The lowest BCUT2D eigenvalue weighted by Crippen LogP contribution is -2.37. The molecule has 6 heteroatoms. The van der Waals surface area contributed by atoms with Crippen molar-refractivity contribution in [3.63, 3.8) is 0 Å². The number of rotatable bonds is 2. The number of nitrogens with two attached hydrogens (primary N) is 1. The Morgan fingerprint density at radius 2 is 2.14 bits per heavy atom. The van der Waals surface area contributed by atoms with Gasteiger partial charge in [0.05, 0.1) is 6.07 Å². The van der Waals surface area contributed by atoms with E-state index in [9.17, 15) is 8.42 Å². The van der Waals surface area contributed by atoms with Crippen molar-refractivity contribution in [3.05, 3.63) is 0 Å². The standard InChI is InChI=1S/C8H15N3O2S/c1-6-4-11(5-8(6)10)14(12,13)7(2)3-9/h6-8H,4-5,10H2,1-2H3. The Bertz CT molecular complexity index is 336. The molecule has 0 amide bonds. The minimum absolute atomic E-state index is 0.115. The van der Waals surface area contributed by atoms with Gasteiger partial charge in [-0.2, -0.15) is 9.57 Å². The Kier molecular flexibility index (Phi) is 3.14. The van der Waals surface area contributed by atoms with Crippen LogP contribution in [0.3, 0.4) is 0 Å². The lowest BCUT2D eigenvalue weighted by atomic mass is 10.1. The van der Waals surface area contributed by atoms with Crippen LogP contribution in [0.1, 0.15) is 13.8 Å². The summed E-state index contributed by atoms with van der Waals surface area (Å²) in [5.41, 5.74) is 5.72. The van der Waals surface area contributed by atoms with Crippen LogP contribution in [0.2, 0.25) is 0 Å². The van der Waals surface area contributed by atoms with Crippen molar-refractivity contribution in [1.29, 1.82) is 5.26 Å². The van der Waals surface area contributed by atoms with Crippen LogP contribution in [0.15, 0.2) is 0 Å². The first kappa shape index (κ1) is 11.4. The molecule has 80 valence electrons. The van der Waals surface area contributed by atoms with Gasteiger partial charge in [0.1, 0.15) is 0 Å². The van der Waals surface area contributed by atoms with Gasteiger partial charge in [-0.1, -0.05) is 6.92 Å². The third-order valence-electron chi connectivity index (χ3n) is 2.63. The summed E-state index contributed by atoms with van der Waals surface area (Å²) >= 11 is 0. The summed E-state index contributed by atoms with van der Waals surface area (Å²) in [6.07, 6.45) is 0. The average molecular weight is 217 g/mol. The number of sulfonamides is 1. The van der Waals surface area contributed by atoms with Gasteiger partial charge in [-0.3, -0.25) is 0 Å². The molecular weight excluding hydrogens is 202 g/mol. The highest BCUT2D eigenvalue weighted by atomic mass is 32.2. The summed E-state index contributed by atoms with van der Waals surface area (Å²) in [5.74, 6) is 0.163. The minimum Gasteiger partial charge on any atom is -0.326 e. The second-order valence-electron chi connectivity index (χ2n) is 3.77. The summed E-state index contributed by atoms with van der Waals surface area (Å²) in [6, 6.07) is 1.63. The molecule has 0 aromatic carbocycles. The van der Waals surface area contributed by atoms with Crippen molar-refractivity contribution < 1.29 is 8.42 Å². The quantitative estimate of drug-likeness (QED) is 0.676. The number of hydrogen-bond acceptors (Lipinski definition) is 4. The summed E-state index contributed by atoms with van der Waals surface area (Å²) < 4.78 is 24.7. The molecule has 5 nitrogen and oxygen atoms in total. The third kappa shape index (κ3) is 1.90. The summed E-state index contributed by atoms with van der Waals surface area (Å²) in [6.45, 7) is 4.06. The van der Waals surface area contributed by atoms with E-state index in [1.165, 1.54) is 11.2 Å². The van der Waals surface area contributed by atoms with Crippen LogP contribution in [0.25, 0.3) is 0 Å². The van der Waals surface area contributed by atoms with Crippen molar-refractivity contribution in [2.45, 2.75) is 25.1 Å². The molecule has 1 saturated heterocycles. The van der Waals surface area contributed by atoms with Gasteiger partial charge in [-0.05, 0) is 12.8 Å². The minimum atomic E-state index is -3.46. The van der Waals surface area contributed by atoms with E-state index < -0.39 is 15.3 Å². The van der Waals surface area contributed by atoms with Gasteiger partial charge >= 0.3 is 0 Å². The van der Waals surface area contributed by atoms with Crippen LogP contribution in [0.5, 0.6) is 0 Å². The van der Waals surface area contributed by atoms with Crippen molar-refractivity contribution in [2.24, 2.45) is 11.7 Å². The highest BCUT2D eigenvalue weighted by Crippen LogP contribution is 2.20. The fourth-order valence-corrected chi connectivity index (χ4v) is 2.85. The van der Waals surface area contributed by atoms with Crippen molar-refractivity contribution in [1.82, 2.24) is 4.31 Å². The molecule has 1 aliphatic rings. The zero-order valence-electron chi connectivity index (χ0n) is 8.34. The van der Waals surface area contributed by atoms with E-state index in [-0.39, 0.29) is 12.0 Å². The first-order valence-electron chi connectivity index (χ1n) is 4.53. The fraction of sp³-hybridized carbons (Fsp3) is 0.875. The molecule has 0 aromatic rings. The van der Waals surface area contributed by atoms with Crippen molar-refractivity contribution in [3.8, 4) is 6.07 Å². The Balaban J connectivity index is 2.83. The predicted octanol–water partition coefficient (Wildman–Crippen LogP) is -0.493. The molecule has 0 aliphatic carbocycles. The summed E-state index contributed by atoms with van der Waals surface area (Å²) in [5, 5.41) is 7.59. The van der Waals surface area contributed by atoms with E-state index >= 15 is 0 Å². The first-order valence-corrected chi connectivity index (χ1v) is 6.04. The van der Waals surface area contributed by atoms with Gasteiger partial charge in [0.25, 0.3) is 0 Å². The zero-order valence-corrected chi connectivity index (χ0v) is 9.16. The smallest absolute Gasteiger partial charge is 0.230 e. The van der Waals surface area contributed by atoms with E-state index in [0.29, 0.717) is 13.1 Å². The molecule has 3 atom stereocenters. The fourth-order valence-electron chi connectivity index (χ4n) is 1.44. The van der Waals surface area contributed by atoms with E-state index in [1.807, 2.05) is 6.92 Å². The summed E-state index contributed by atoms with van der Waals surface area (Å²) in [4.78, 5) is 0. The second-order valence-corrected chi connectivity index (χ2v) is 6.03. The lowest BCUT2D eigenvalue weighted by Gasteiger charge is -2.16. The van der Waals surface area contributed by atoms with E-state index in [2.05, 4.69) is 0 Å². The molecular formula is C8H15N3O2S. The Morgan fingerprint density at radius 1 is 1.57 bits per heavy atom. The molecule has 1 rings (SSSR count). The Hall–Kier alpha value is -0.640. The van der Waals surface area contributed by atoms with Crippen LogP contribution < -0.4 is 5.73 Å². The molecule has 14 heavy (non-hydrogen) atoms. The van der Waals surface area contributed by atoms with Gasteiger partial charge in [-0.15, -0.1) is 0 Å². The monoisotopic (exact) mass is 217 g/mol. The third-order valence-corrected chi connectivity index (χ3v) is 4.64. The average Bonchev–Trinajstić information content (AvgIpc) is 2.46. The SMILES string of the molecule is CC1CN(S(=O)(=O)C(C)C#N)CC1N. The predicted molar refractivity (Wildman–Crippen MR) is 52.7 cm³/mol. The number of nitriles is 1. The molecule has 1 fully saturated rings. The molecule has 0 bridgehead atoms. The Morgan fingerprint density at radius 3 is 2.50 bits per heavy atom. The number of nitrogens with zero attached hydrogens (tertiary/aromatic N) is 2. The molecule has 0 spiro atoms. The molecule has 0 aromatic heterocycles. The van der Waals surface area contributed by atoms with Gasteiger partial charge in [0.2, 0.25) is 10.0 Å². The van der Waals surface area contributed by atoms with Crippen molar-refractivity contribution >= 4 is 10.0 Å². The largest absolute Gasteiger partial charge is 0.326 e. The van der Waals surface area contributed by atoms with Crippen LogP contribution in [-0.4, -0.2) is 37.1 Å². The van der Waals surface area contributed by atoms with Gasteiger partial charge < -0.3 is 5.73 Å². The van der Waals surface area contributed by atoms with Crippen LogP contribution in [0.4, 0.5) is 0 Å². The lowest BCUT2D eigenvalue weighted by molar-refractivity contribution is 0.461. The maximum Gasteiger partial charge on any atom is 0.230 e. The van der Waals surface area contributed by atoms with Crippen LogP contribution in [0, 0.1) is 17.2 Å². The second kappa shape index (κ2) is 3.85. The zero-order chi connectivity index (χ0) is 10.9. The molecule has 3 unspecified atom stereocenters. The molecule has 0 radical (unpaired) electrons. The number of hydrogen-bond donors (Lipinski definition) is 1.